The van der Waals surface area contributed by atoms with Crippen molar-refractivity contribution >= 4 is 11.8 Å². The van der Waals surface area contributed by atoms with E-state index in [4.69, 9.17) is 15.7 Å². The average Bonchev–Trinajstić information content (AvgIpc) is 2.50. The number of unbranched alkanes of at least 4 members (excludes halogenated alkanes) is 1. The second-order valence-electron chi connectivity index (χ2n) is 4.89. The summed E-state index contributed by atoms with van der Waals surface area (Å²) in [6.07, 6.45) is 7.09. The molecule has 2 amide bonds. The van der Waals surface area contributed by atoms with E-state index in [1.54, 1.807) is 17.6 Å². The first-order valence-corrected chi connectivity index (χ1v) is 6.93. The number of hydroxylamine groups is 1. The van der Waals surface area contributed by atoms with Crippen molar-refractivity contribution in [2.45, 2.75) is 37.8 Å². The van der Waals surface area contributed by atoms with Crippen LogP contribution in [0.5, 0.6) is 0 Å². The highest BCUT2D eigenvalue weighted by atomic mass is 16.5. The van der Waals surface area contributed by atoms with Crippen molar-refractivity contribution in [3.8, 4) is 0 Å². The Morgan fingerprint density at radius 1 is 1.57 bits per heavy atom. The molecule has 0 radical (unpaired) electrons. The average molecular weight is 297 g/mol. The Bertz CT molecular complexity index is 448. The van der Waals surface area contributed by atoms with Crippen LogP contribution in [-0.2, 0) is 14.3 Å². The van der Waals surface area contributed by atoms with Crippen LogP contribution in [0.3, 0.4) is 0 Å². The van der Waals surface area contributed by atoms with Gasteiger partial charge in [0.2, 0.25) is 5.91 Å². The Labute approximate surface area is 124 Å². The maximum Gasteiger partial charge on any atom is 0.273 e. The van der Waals surface area contributed by atoms with Crippen LogP contribution in [0.2, 0.25) is 0 Å². The van der Waals surface area contributed by atoms with Gasteiger partial charge in [-0.1, -0.05) is 31.6 Å². The van der Waals surface area contributed by atoms with Crippen LogP contribution >= 0.6 is 0 Å². The topological polar surface area (TPSA) is 114 Å². The minimum atomic E-state index is -1.23. The van der Waals surface area contributed by atoms with E-state index >= 15 is 0 Å². The summed E-state index contributed by atoms with van der Waals surface area (Å²) in [5, 5.41) is 11.9. The van der Waals surface area contributed by atoms with Crippen molar-refractivity contribution in [1.29, 1.82) is 0 Å². The quantitative estimate of drug-likeness (QED) is 0.286. The molecule has 2 atom stereocenters. The third-order valence-electron chi connectivity index (χ3n) is 3.62. The first-order chi connectivity index (χ1) is 10.0. The standard InChI is InChI=1S/C14H23N3O4/c1-3-4-9-16-11(12(15)18)14(21-2)8-6-5-7-10(14)13(19)17-20/h5-7,11,16,20H,3-4,8-9H2,1-2H3,(H2,15,18)(H,17,19). The third kappa shape index (κ3) is 3.69. The molecule has 0 aromatic rings. The van der Waals surface area contributed by atoms with Gasteiger partial charge in [0.25, 0.3) is 5.91 Å². The van der Waals surface area contributed by atoms with Crippen LogP contribution in [0, 0.1) is 0 Å². The van der Waals surface area contributed by atoms with E-state index in [1.807, 2.05) is 6.92 Å². The molecular weight excluding hydrogens is 274 g/mol. The molecule has 5 N–H and O–H groups in total. The van der Waals surface area contributed by atoms with Gasteiger partial charge in [0.05, 0.1) is 5.57 Å². The molecule has 21 heavy (non-hydrogen) atoms. The summed E-state index contributed by atoms with van der Waals surface area (Å²) < 4.78 is 5.51. The van der Waals surface area contributed by atoms with Crippen LogP contribution < -0.4 is 16.5 Å². The van der Waals surface area contributed by atoms with Crippen molar-refractivity contribution in [2.24, 2.45) is 5.73 Å². The summed E-state index contributed by atoms with van der Waals surface area (Å²) in [6, 6.07) is -0.873. The summed E-state index contributed by atoms with van der Waals surface area (Å²) in [5.41, 5.74) is 5.99. The predicted octanol–water partition coefficient (Wildman–Crippen LogP) is 0.00690. The van der Waals surface area contributed by atoms with Gasteiger partial charge in [-0.25, -0.2) is 5.48 Å². The molecule has 0 fully saturated rings. The summed E-state index contributed by atoms with van der Waals surface area (Å²) in [6.45, 7) is 2.61. The molecule has 0 heterocycles. The molecule has 0 aromatic heterocycles. The molecule has 7 heteroatoms. The number of carbonyl (C=O) groups excluding carboxylic acids is 2. The number of ether oxygens (including phenoxy) is 1. The maximum atomic E-state index is 11.9. The number of nitrogens with two attached hydrogens (primary N) is 1. The number of carbonyl (C=O) groups is 2. The molecule has 1 aliphatic carbocycles. The lowest BCUT2D eigenvalue weighted by Gasteiger charge is -2.40. The monoisotopic (exact) mass is 297 g/mol. The Balaban J connectivity index is 3.13. The molecule has 0 saturated heterocycles. The highest BCUT2D eigenvalue weighted by Gasteiger charge is 2.48. The first-order valence-electron chi connectivity index (χ1n) is 6.93. The highest BCUT2D eigenvalue weighted by Crippen LogP contribution is 2.33. The zero-order chi connectivity index (χ0) is 15.9. The fraction of sp³-hybridized carbons (Fsp3) is 0.571. The SMILES string of the molecule is CCCCNC(C(N)=O)C1(OC)CC=CC=C1C(=O)NO. The number of hydrogen-bond donors (Lipinski definition) is 4. The van der Waals surface area contributed by atoms with Gasteiger partial charge < -0.3 is 15.8 Å². The van der Waals surface area contributed by atoms with Crippen LogP contribution in [0.4, 0.5) is 0 Å². The summed E-state index contributed by atoms with van der Waals surface area (Å²) in [4.78, 5) is 23.7. The number of hydrogen-bond acceptors (Lipinski definition) is 5. The number of rotatable bonds is 8. The van der Waals surface area contributed by atoms with Gasteiger partial charge in [0.1, 0.15) is 11.6 Å². The summed E-state index contributed by atoms with van der Waals surface area (Å²) >= 11 is 0. The number of allylic oxidation sites excluding steroid dienone is 2. The smallest absolute Gasteiger partial charge is 0.273 e. The lowest BCUT2D eigenvalue weighted by atomic mass is 9.79. The summed E-state index contributed by atoms with van der Waals surface area (Å²) in [5.74, 6) is -1.33. The fourth-order valence-corrected chi connectivity index (χ4v) is 2.49. The van der Waals surface area contributed by atoms with Gasteiger partial charge in [0, 0.05) is 13.5 Å². The van der Waals surface area contributed by atoms with Gasteiger partial charge >= 0.3 is 0 Å². The van der Waals surface area contributed by atoms with Crippen molar-refractivity contribution in [1.82, 2.24) is 10.8 Å². The first kappa shape index (κ1) is 17.4. The molecule has 7 nitrogen and oxygen atoms in total. The lowest BCUT2D eigenvalue weighted by molar-refractivity contribution is -0.133. The second kappa shape index (κ2) is 7.92. The molecule has 0 bridgehead atoms. The number of nitrogens with one attached hydrogen (secondary N) is 2. The predicted molar refractivity (Wildman–Crippen MR) is 77.4 cm³/mol. The van der Waals surface area contributed by atoms with Gasteiger partial charge in [-0.2, -0.15) is 0 Å². The maximum absolute atomic E-state index is 11.9. The molecule has 118 valence electrons. The van der Waals surface area contributed by atoms with Crippen molar-refractivity contribution in [3.05, 3.63) is 23.8 Å². The minimum Gasteiger partial charge on any atom is -0.371 e. The van der Waals surface area contributed by atoms with Crippen molar-refractivity contribution in [3.63, 3.8) is 0 Å². The molecule has 0 saturated carbocycles. The Hall–Kier alpha value is -1.70. The Morgan fingerprint density at radius 3 is 2.81 bits per heavy atom. The largest absolute Gasteiger partial charge is 0.371 e. The van der Waals surface area contributed by atoms with Gasteiger partial charge in [-0.3, -0.25) is 14.8 Å². The molecule has 0 spiro atoms. The highest BCUT2D eigenvalue weighted by molar-refractivity contribution is 5.97. The van der Waals surface area contributed by atoms with Gasteiger partial charge in [-0.05, 0) is 13.0 Å². The van der Waals surface area contributed by atoms with E-state index in [0.717, 1.165) is 12.8 Å². The van der Waals surface area contributed by atoms with E-state index in [0.29, 0.717) is 13.0 Å². The molecule has 0 aromatic carbocycles. The van der Waals surface area contributed by atoms with E-state index in [2.05, 4.69) is 5.32 Å². The van der Waals surface area contributed by atoms with Crippen LogP contribution in [0.15, 0.2) is 23.8 Å². The van der Waals surface area contributed by atoms with E-state index in [9.17, 15) is 9.59 Å². The summed E-state index contributed by atoms with van der Waals surface area (Å²) in [7, 11) is 1.41. The molecule has 1 aliphatic rings. The minimum absolute atomic E-state index is 0.155. The number of methoxy groups -OCH3 is 1. The number of primary amides is 1. The van der Waals surface area contributed by atoms with Crippen LogP contribution in [0.25, 0.3) is 0 Å². The van der Waals surface area contributed by atoms with Gasteiger partial charge in [-0.15, -0.1) is 0 Å². The van der Waals surface area contributed by atoms with E-state index in [-0.39, 0.29) is 5.57 Å². The van der Waals surface area contributed by atoms with E-state index in [1.165, 1.54) is 13.2 Å². The number of amides is 2. The molecule has 1 rings (SSSR count). The van der Waals surface area contributed by atoms with E-state index < -0.39 is 23.5 Å². The molecule has 0 aliphatic heterocycles. The molecule has 2 unspecified atom stereocenters. The normalized spacial score (nSPS) is 22.5. The zero-order valence-electron chi connectivity index (χ0n) is 12.4. The van der Waals surface area contributed by atoms with Crippen LogP contribution in [0.1, 0.15) is 26.2 Å². The fourth-order valence-electron chi connectivity index (χ4n) is 2.49. The van der Waals surface area contributed by atoms with Crippen LogP contribution in [-0.4, -0.2) is 42.3 Å². The van der Waals surface area contributed by atoms with Crippen molar-refractivity contribution in [2.75, 3.05) is 13.7 Å². The third-order valence-corrected chi connectivity index (χ3v) is 3.62. The Morgan fingerprint density at radius 2 is 2.29 bits per heavy atom. The second-order valence-corrected chi connectivity index (χ2v) is 4.89. The Kier molecular flexibility index (Phi) is 6.54. The lowest BCUT2D eigenvalue weighted by Crippen LogP contribution is -2.61. The zero-order valence-corrected chi connectivity index (χ0v) is 12.4. The van der Waals surface area contributed by atoms with Gasteiger partial charge in [0.15, 0.2) is 0 Å². The molecular formula is C14H23N3O4. The van der Waals surface area contributed by atoms with Crippen molar-refractivity contribution < 1.29 is 19.5 Å².